The van der Waals surface area contributed by atoms with Crippen LogP contribution in [0.5, 0.6) is 5.75 Å². The summed E-state index contributed by atoms with van der Waals surface area (Å²) in [6.45, 7) is 2.03. The van der Waals surface area contributed by atoms with Gasteiger partial charge in [-0.2, -0.15) is 0 Å². The second-order valence-corrected chi connectivity index (χ2v) is 6.75. The molecule has 1 aromatic carbocycles. The minimum atomic E-state index is -3.92. The largest absolute Gasteiger partial charge is 0.497 e. The number of carbonyl (C=O) groups excluding carboxylic acids is 1. The maximum Gasteiger partial charge on any atom is 0.264 e. The molecule has 2 rings (SSSR count). The lowest BCUT2D eigenvalue weighted by atomic mass is 10.3. The molecule has 1 atom stereocenters. The summed E-state index contributed by atoms with van der Waals surface area (Å²) in [6, 6.07) is 5.92. The Hall–Kier alpha value is -1.60. The smallest absolute Gasteiger partial charge is 0.264 e. The van der Waals surface area contributed by atoms with E-state index in [1.165, 1.54) is 19.2 Å². The van der Waals surface area contributed by atoms with E-state index in [1.807, 2.05) is 4.72 Å². The molecule has 0 spiro atoms. The summed E-state index contributed by atoms with van der Waals surface area (Å²) in [5.74, 6) is 0.247. The van der Waals surface area contributed by atoms with Crippen molar-refractivity contribution in [3.63, 3.8) is 0 Å². The number of amides is 1. The van der Waals surface area contributed by atoms with Crippen LogP contribution in [0, 0.1) is 5.92 Å². The van der Waals surface area contributed by atoms with E-state index in [2.05, 4.69) is 0 Å². The number of benzene rings is 1. The maximum absolute atomic E-state index is 12.1. The van der Waals surface area contributed by atoms with Gasteiger partial charge in [-0.1, -0.05) is 6.07 Å². The Morgan fingerprint density at radius 3 is 2.76 bits per heavy atom. The predicted molar refractivity (Wildman–Crippen MR) is 76.5 cm³/mol. The number of ether oxygens (including phenoxy) is 2. The van der Waals surface area contributed by atoms with E-state index in [9.17, 15) is 13.2 Å². The SMILES string of the molecule is COc1cccc(S(=O)(=O)NC(=O)C(C)OCC2CC2)c1. The minimum Gasteiger partial charge on any atom is -0.497 e. The van der Waals surface area contributed by atoms with Crippen LogP contribution in [0.15, 0.2) is 29.2 Å². The van der Waals surface area contributed by atoms with Gasteiger partial charge >= 0.3 is 0 Å². The van der Waals surface area contributed by atoms with Gasteiger partial charge < -0.3 is 9.47 Å². The highest BCUT2D eigenvalue weighted by Crippen LogP contribution is 2.29. The van der Waals surface area contributed by atoms with Gasteiger partial charge in [0.05, 0.1) is 18.6 Å². The number of nitrogens with one attached hydrogen (secondary N) is 1. The van der Waals surface area contributed by atoms with Crippen LogP contribution in [0.1, 0.15) is 19.8 Å². The highest BCUT2D eigenvalue weighted by atomic mass is 32.2. The number of carbonyl (C=O) groups is 1. The van der Waals surface area contributed by atoms with E-state index in [-0.39, 0.29) is 4.90 Å². The normalized spacial score (nSPS) is 16.3. The van der Waals surface area contributed by atoms with Gasteiger partial charge in [-0.3, -0.25) is 4.79 Å². The second kappa shape index (κ2) is 6.44. The molecule has 7 heteroatoms. The van der Waals surface area contributed by atoms with Crippen molar-refractivity contribution in [2.45, 2.75) is 30.8 Å². The van der Waals surface area contributed by atoms with Gasteiger partial charge in [-0.25, -0.2) is 13.1 Å². The van der Waals surface area contributed by atoms with E-state index < -0.39 is 22.0 Å². The van der Waals surface area contributed by atoms with Gasteiger partial charge in [-0.05, 0) is 37.8 Å². The third-order valence-electron chi connectivity index (χ3n) is 3.23. The maximum atomic E-state index is 12.1. The summed E-state index contributed by atoms with van der Waals surface area (Å²) < 4.78 is 36.6. The standard InChI is InChI=1S/C14H19NO5S/c1-10(20-9-11-6-7-11)14(16)15-21(17,18)13-5-3-4-12(8-13)19-2/h3-5,8,10-11H,6-7,9H2,1-2H3,(H,15,16). The zero-order valence-electron chi connectivity index (χ0n) is 12.0. The van der Waals surface area contributed by atoms with Crippen molar-refractivity contribution in [2.24, 2.45) is 5.92 Å². The number of methoxy groups -OCH3 is 1. The summed E-state index contributed by atoms with van der Waals surface area (Å²) in [4.78, 5) is 11.8. The summed E-state index contributed by atoms with van der Waals surface area (Å²) in [6.07, 6.45) is 1.42. The van der Waals surface area contributed by atoms with Crippen molar-refractivity contribution in [1.82, 2.24) is 4.72 Å². The Morgan fingerprint density at radius 1 is 1.43 bits per heavy atom. The molecule has 0 bridgehead atoms. The van der Waals surface area contributed by atoms with Crippen LogP contribution < -0.4 is 9.46 Å². The zero-order chi connectivity index (χ0) is 15.5. The molecule has 1 amide bonds. The van der Waals surface area contributed by atoms with Crippen molar-refractivity contribution < 1.29 is 22.7 Å². The summed E-state index contributed by atoms with van der Waals surface area (Å²) in [5, 5.41) is 0. The second-order valence-electron chi connectivity index (χ2n) is 5.07. The van der Waals surface area contributed by atoms with Crippen LogP contribution in [0.25, 0.3) is 0 Å². The van der Waals surface area contributed by atoms with E-state index >= 15 is 0 Å². The first-order valence-electron chi connectivity index (χ1n) is 6.74. The number of sulfonamides is 1. The summed E-state index contributed by atoms with van der Waals surface area (Å²) in [5.41, 5.74) is 0. The first kappa shape index (κ1) is 15.8. The average Bonchev–Trinajstić information content (AvgIpc) is 3.28. The van der Waals surface area contributed by atoms with Gasteiger partial charge in [0.15, 0.2) is 0 Å². The molecule has 1 unspecified atom stereocenters. The van der Waals surface area contributed by atoms with Crippen LogP contribution >= 0.6 is 0 Å². The first-order chi connectivity index (χ1) is 9.92. The van der Waals surface area contributed by atoms with Gasteiger partial charge in [-0.15, -0.1) is 0 Å². The molecule has 1 saturated carbocycles. The highest BCUT2D eigenvalue weighted by molar-refractivity contribution is 7.90. The fourth-order valence-corrected chi connectivity index (χ4v) is 2.76. The summed E-state index contributed by atoms with van der Waals surface area (Å²) in [7, 11) is -2.48. The van der Waals surface area contributed by atoms with E-state index in [4.69, 9.17) is 9.47 Å². The molecule has 21 heavy (non-hydrogen) atoms. The third kappa shape index (κ3) is 4.44. The Balaban J connectivity index is 1.99. The van der Waals surface area contributed by atoms with Gasteiger partial charge in [0, 0.05) is 6.07 Å². The van der Waals surface area contributed by atoms with Crippen molar-refractivity contribution in [2.75, 3.05) is 13.7 Å². The van der Waals surface area contributed by atoms with Crippen molar-refractivity contribution in [3.8, 4) is 5.75 Å². The molecule has 0 heterocycles. The monoisotopic (exact) mass is 313 g/mol. The quantitative estimate of drug-likeness (QED) is 0.821. The molecule has 0 aliphatic heterocycles. The van der Waals surface area contributed by atoms with Crippen LogP contribution in [-0.4, -0.2) is 34.1 Å². The lowest BCUT2D eigenvalue weighted by Crippen LogP contribution is -2.38. The third-order valence-corrected chi connectivity index (χ3v) is 4.58. The Morgan fingerprint density at radius 2 is 2.14 bits per heavy atom. The van der Waals surface area contributed by atoms with Crippen LogP contribution in [0.3, 0.4) is 0 Å². The highest BCUT2D eigenvalue weighted by Gasteiger charge is 2.26. The Bertz CT molecular complexity index is 610. The number of rotatable bonds is 7. The lowest BCUT2D eigenvalue weighted by Gasteiger charge is -2.13. The lowest BCUT2D eigenvalue weighted by molar-refractivity contribution is -0.130. The first-order valence-corrected chi connectivity index (χ1v) is 8.23. The summed E-state index contributed by atoms with van der Waals surface area (Å²) >= 11 is 0. The van der Waals surface area contributed by atoms with Crippen molar-refractivity contribution in [1.29, 1.82) is 0 Å². The molecule has 1 aliphatic rings. The van der Waals surface area contributed by atoms with Crippen LogP contribution in [0.4, 0.5) is 0 Å². The molecule has 0 radical (unpaired) electrons. The van der Waals surface area contributed by atoms with E-state index in [0.717, 1.165) is 12.8 Å². The van der Waals surface area contributed by atoms with Gasteiger partial charge in [0.2, 0.25) is 0 Å². The molecule has 0 saturated heterocycles. The Labute approximate surface area is 124 Å². The molecular formula is C14H19NO5S. The van der Waals surface area contributed by atoms with Gasteiger partial charge in [0.25, 0.3) is 15.9 Å². The van der Waals surface area contributed by atoms with Crippen LogP contribution in [-0.2, 0) is 19.6 Å². The fourth-order valence-electron chi connectivity index (χ4n) is 1.68. The molecule has 1 aliphatic carbocycles. The molecule has 6 nitrogen and oxygen atoms in total. The topological polar surface area (TPSA) is 81.7 Å². The fraction of sp³-hybridized carbons (Fsp3) is 0.500. The molecule has 1 fully saturated rings. The van der Waals surface area contributed by atoms with Crippen molar-refractivity contribution >= 4 is 15.9 Å². The molecule has 0 aromatic heterocycles. The number of hydrogen-bond acceptors (Lipinski definition) is 5. The van der Waals surface area contributed by atoms with Crippen LogP contribution in [0.2, 0.25) is 0 Å². The predicted octanol–water partition coefficient (Wildman–Crippen LogP) is 1.32. The molecular weight excluding hydrogens is 294 g/mol. The molecule has 1 aromatic rings. The minimum absolute atomic E-state index is 0.0235. The molecule has 1 N–H and O–H groups in total. The van der Waals surface area contributed by atoms with Crippen molar-refractivity contribution in [3.05, 3.63) is 24.3 Å². The molecule has 116 valence electrons. The number of hydrogen-bond donors (Lipinski definition) is 1. The van der Waals surface area contributed by atoms with E-state index in [0.29, 0.717) is 18.3 Å². The Kier molecular flexibility index (Phi) is 4.84. The average molecular weight is 313 g/mol. The van der Waals surface area contributed by atoms with E-state index in [1.54, 1.807) is 19.1 Å². The van der Waals surface area contributed by atoms with Gasteiger partial charge in [0.1, 0.15) is 11.9 Å². The zero-order valence-corrected chi connectivity index (χ0v) is 12.9.